The van der Waals surface area contributed by atoms with Gasteiger partial charge in [0.05, 0.1) is 0 Å². The fourth-order valence-electron chi connectivity index (χ4n) is 2.82. The number of nitrogens with one attached hydrogen (secondary N) is 1. The number of rotatable bonds is 5. The molecule has 1 unspecified atom stereocenters. The molecule has 0 aromatic carbocycles. The molecule has 1 saturated carbocycles. The Labute approximate surface area is 112 Å². The van der Waals surface area contributed by atoms with Crippen LogP contribution in [0.25, 0.3) is 0 Å². The van der Waals surface area contributed by atoms with Crippen molar-refractivity contribution in [2.75, 3.05) is 13.1 Å². The van der Waals surface area contributed by atoms with E-state index in [9.17, 15) is 21.6 Å². The van der Waals surface area contributed by atoms with E-state index in [2.05, 4.69) is 13.8 Å². The molecule has 19 heavy (non-hydrogen) atoms. The second-order valence-electron chi connectivity index (χ2n) is 6.14. The van der Waals surface area contributed by atoms with Crippen molar-refractivity contribution in [1.29, 1.82) is 0 Å². The minimum absolute atomic E-state index is 0.113. The van der Waals surface area contributed by atoms with Crippen LogP contribution in [0.5, 0.6) is 0 Å². The van der Waals surface area contributed by atoms with Gasteiger partial charge in [0.2, 0.25) is 0 Å². The summed E-state index contributed by atoms with van der Waals surface area (Å²) in [6.45, 7) is 4.31. The van der Waals surface area contributed by atoms with Crippen LogP contribution in [-0.2, 0) is 10.0 Å². The van der Waals surface area contributed by atoms with Gasteiger partial charge in [-0.2, -0.15) is 13.2 Å². The molecule has 4 nitrogen and oxygen atoms in total. The summed E-state index contributed by atoms with van der Waals surface area (Å²) in [6.07, 6.45) is 2.92. The van der Waals surface area contributed by atoms with Gasteiger partial charge in [-0.3, -0.25) is 0 Å². The first-order valence-corrected chi connectivity index (χ1v) is 7.67. The highest BCUT2D eigenvalue weighted by Gasteiger charge is 2.46. The lowest BCUT2D eigenvalue weighted by molar-refractivity contribution is -0.0448. The Balaban J connectivity index is 2.58. The fourth-order valence-corrected chi connectivity index (χ4v) is 3.35. The van der Waals surface area contributed by atoms with Crippen LogP contribution in [0.3, 0.4) is 0 Å². The number of halogens is 3. The Morgan fingerprint density at radius 1 is 1.26 bits per heavy atom. The van der Waals surface area contributed by atoms with Crippen LogP contribution in [0.1, 0.15) is 39.5 Å². The van der Waals surface area contributed by atoms with E-state index in [0.717, 1.165) is 19.3 Å². The lowest BCUT2D eigenvalue weighted by atomic mass is 9.79. The molecule has 0 aromatic rings. The van der Waals surface area contributed by atoms with Gasteiger partial charge >= 0.3 is 15.5 Å². The highest BCUT2D eigenvalue weighted by Crippen LogP contribution is 2.50. The Kier molecular flexibility index (Phi) is 4.59. The van der Waals surface area contributed by atoms with Crippen LogP contribution in [0.15, 0.2) is 0 Å². The van der Waals surface area contributed by atoms with E-state index in [0.29, 0.717) is 13.0 Å². The molecule has 1 aliphatic carbocycles. The van der Waals surface area contributed by atoms with Gasteiger partial charge in [0.25, 0.3) is 0 Å². The zero-order chi connectivity index (χ0) is 14.9. The average molecular weight is 302 g/mol. The molecule has 1 aliphatic rings. The summed E-state index contributed by atoms with van der Waals surface area (Å²) in [6, 6.07) is 0. The van der Waals surface area contributed by atoms with Crippen LogP contribution >= 0.6 is 0 Å². The molecule has 0 saturated heterocycles. The zero-order valence-corrected chi connectivity index (χ0v) is 12.0. The van der Waals surface area contributed by atoms with Gasteiger partial charge in [0.15, 0.2) is 0 Å². The maximum absolute atomic E-state index is 12.2. The summed E-state index contributed by atoms with van der Waals surface area (Å²) in [7, 11) is -5.24. The molecule has 0 bridgehead atoms. The predicted molar refractivity (Wildman–Crippen MR) is 66.7 cm³/mol. The van der Waals surface area contributed by atoms with Crippen LogP contribution in [0.4, 0.5) is 13.2 Å². The average Bonchev–Trinajstić information content (AvgIpc) is 2.53. The van der Waals surface area contributed by atoms with Gasteiger partial charge < -0.3 is 5.73 Å². The van der Waals surface area contributed by atoms with Crippen molar-refractivity contribution >= 4 is 10.0 Å². The number of hydrogen-bond donors (Lipinski definition) is 2. The molecule has 0 amide bonds. The highest BCUT2D eigenvalue weighted by molar-refractivity contribution is 7.90. The predicted octanol–water partition coefficient (Wildman–Crippen LogP) is 1.97. The third-order valence-corrected chi connectivity index (χ3v) is 5.06. The van der Waals surface area contributed by atoms with Crippen molar-refractivity contribution in [2.45, 2.75) is 45.0 Å². The maximum Gasteiger partial charge on any atom is 0.511 e. The molecule has 3 N–H and O–H groups in total. The van der Waals surface area contributed by atoms with Gasteiger partial charge in [-0.1, -0.05) is 13.8 Å². The second kappa shape index (κ2) is 5.21. The second-order valence-corrected chi connectivity index (χ2v) is 7.90. The third-order valence-electron chi connectivity index (χ3n) is 3.87. The van der Waals surface area contributed by atoms with Crippen molar-refractivity contribution in [3.8, 4) is 0 Å². The molecule has 1 atom stereocenters. The molecule has 0 aromatic heterocycles. The fraction of sp³-hybridized carbons (Fsp3) is 1.00. The summed E-state index contributed by atoms with van der Waals surface area (Å²) < 4.78 is 59.8. The van der Waals surface area contributed by atoms with Crippen LogP contribution < -0.4 is 10.5 Å². The molecule has 1 rings (SSSR count). The van der Waals surface area contributed by atoms with Gasteiger partial charge in [-0.25, -0.2) is 13.1 Å². The molecular weight excluding hydrogens is 281 g/mol. The molecular formula is C11H21F3N2O2S. The molecule has 0 heterocycles. The van der Waals surface area contributed by atoms with E-state index < -0.39 is 15.5 Å². The van der Waals surface area contributed by atoms with Crippen molar-refractivity contribution in [3.63, 3.8) is 0 Å². The van der Waals surface area contributed by atoms with E-state index in [1.54, 1.807) is 4.72 Å². The smallest absolute Gasteiger partial charge is 0.330 e. The topological polar surface area (TPSA) is 72.2 Å². The first-order chi connectivity index (χ1) is 8.43. The summed E-state index contributed by atoms with van der Waals surface area (Å²) in [5.74, 6) is 0. The van der Waals surface area contributed by atoms with E-state index in [1.807, 2.05) is 0 Å². The quantitative estimate of drug-likeness (QED) is 0.815. The summed E-state index contributed by atoms with van der Waals surface area (Å²) >= 11 is 0. The van der Waals surface area contributed by atoms with Crippen molar-refractivity contribution < 1.29 is 21.6 Å². The standard InChI is InChI=1S/C11H21F3N2O2S/c1-9(2)3-4-10(7-9,8-15)5-6-16-19(17,18)11(12,13)14/h16H,3-8,15H2,1-2H3. The summed E-state index contributed by atoms with van der Waals surface area (Å²) in [5.41, 5.74) is 0.335. The van der Waals surface area contributed by atoms with E-state index in [-0.39, 0.29) is 17.4 Å². The number of hydrogen-bond acceptors (Lipinski definition) is 3. The largest absolute Gasteiger partial charge is 0.511 e. The number of sulfonamides is 1. The van der Waals surface area contributed by atoms with E-state index in [4.69, 9.17) is 5.73 Å². The molecule has 114 valence electrons. The highest BCUT2D eigenvalue weighted by atomic mass is 32.2. The number of nitrogens with two attached hydrogens (primary N) is 1. The van der Waals surface area contributed by atoms with Gasteiger partial charge in [-0.15, -0.1) is 0 Å². The SMILES string of the molecule is CC1(C)CCC(CN)(CCNS(=O)(=O)C(F)(F)F)C1. The Morgan fingerprint density at radius 2 is 1.84 bits per heavy atom. The van der Waals surface area contributed by atoms with Crippen LogP contribution in [-0.4, -0.2) is 27.0 Å². The van der Waals surface area contributed by atoms with Gasteiger partial charge in [0.1, 0.15) is 0 Å². The van der Waals surface area contributed by atoms with Gasteiger partial charge in [0, 0.05) is 6.54 Å². The third kappa shape index (κ3) is 4.06. The molecule has 8 heteroatoms. The van der Waals surface area contributed by atoms with Gasteiger partial charge in [-0.05, 0) is 43.1 Å². The lowest BCUT2D eigenvalue weighted by Crippen LogP contribution is -2.39. The first-order valence-electron chi connectivity index (χ1n) is 6.19. The Bertz CT molecular complexity index is 420. The molecule has 0 radical (unpaired) electrons. The Hall–Kier alpha value is -0.340. The van der Waals surface area contributed by atoms with Crippen molar-refractivity contribution in [3.05, 3.63) is 0 Å². The molecule has 0 spiro atoms. The molecule has 1 fully saturated rings. The molecule has 0 aliphatic heterocycles. The van der Waals surface area contributed by atoms with Crippen molar-refractivity contribution in [1.82, 2.24) is 4.72 Å². The maximum atomic E-state index is 12.2. The monoisotopic (exact) mass is 302 g/mol. The lowest BCUT2D eigenvalue weighted by Gasteiger charge is -2.29. The summed E-state index contributed by atoms with van der Waals surface area (Å²) in [4.78, 5) is 0. The first kappa shape index (κ1) is 16.7. The minimum Gasteiger partial charge on any atom is -0.330 e. The van der Waals surface area contributed by atoms with E-state index in [1.165, 1.54) is 0 Å². The summed E-state index contributed by atoms with van der Waals surface area (Å²) in [5, 5.41) is 0. The van der Waals surface area contributed by atoms with E-state index >= 15 is 0 Å². The number of alkyl halides is 3. The van der Waals surface area contributed by atoms with Crippen molar-refractivity contribution in [2.24, 2.45) is 16.6 Å². The Morgan fingerprint density at radius 3 is 2.21 bits per heavy atom. The van der Waals surface area contributed by atoms with Crippen LogP contribution in [0, 0.1) is 10.8 Å². The van der Waals surface area contributed by atoms with Crippen LogP contribution in [0.2, 0.25) is 0 Å². The minimum atomic E-state index is -5.25. The zero-order valence-electron chi connectivity index (χ0n) is 11.2. The normalized spacial score (nSPS) is 27.7.